The molecule has 3 aromatic rings. The number of aliphatic hydroxyl groups excluding tert-OH is 1. The Bertz CT molecular complexity index is 2710. The Balaban J connectivity index is 1.10. The number of unbranched alkanes of at least 4 members (excludes halogenated alkanes) is 5. The van der Waals surface area contributed by atoms with Gasteiger partial charge in [0.2, 0.25) is 53.2 Å². The SMILES string of the molecule is CCCCCCCCNC(=O)[C@H](Cc1ccccc1)NC(=O)[C@H](CO)NC(=O)[C@@H](NC(=O)[C@H](CCCN=C(N)N)NC(=O)COCCOCCNC(=O)CCC(=O)NCCOc1ccc(Nc2ncc(Br)c(NCCCN(C)C(=O)C3CCC3)n2)cc1)C(C)C. The van der Waals surface area contributed by atoms with Gasteiger partial charge in [0.05, 0.1) is 37.4 Å². The zero-order valence-corrected chi connectivity index (χ0v) is 54.2. The molecule has 4 rings (SSSR count). The molecule has 1 heterocycles. The number of anilines is 3. The Morgan fingerprint density at radius 2 is 1.38 bits per heavy atom. The van der Waals surface area contributed by atoms with E-state index in [2.05, 4.69) is 85.7 Å². The first-order valence-corrected chi connectivity index (χ1v) is 32.0. The van der Waals surface area contributed by atoms with Gasteiger partial charge in [0.1, 0.15) is 48.9 Å². The van der Waals surface area contributed by atoms with Gasteiger partial charge in [-0.2, -0.15) is 4.98 Å². The van der Waals surface area contributed by atoms with Crippen molar-refractivity contribution >= 4 is 86.6 Å². The molecule has 1 saturated carbocycles. The van der Waals surface area contributed by atoms with Crippen molar-refractivity contribution in [1.29, 1.82) is 0 Å². The molecule has 0 saturated heterocycles. The van der Waals surface area contributed by atoms with Crippen molar-refractivity contribution in [2.75, 3.05) is 96.6 Å². The van der Waals surface area contributed by atoms with E-state index in [1.807, 2.05) is 49.5 Å². The van der Waals surface area contributed by atoms with Crippen LogP contribution < -0.4 is 64.1 Å². The average molecular weight is 1320 g/mol. The van der Waals surface area contributed by atoms with Crippen LogP contribution in [0.5, 0.6) is 5.75 Å². The quantitative estimate of drug-likeness (QED) is 0.0220. The highest BCUT2D eigenvalue weighted by atomic mass is 79.9. The molecule has 0 radical (unpaired) electrons. The van der Waals surface area contributed by atoms with E-state index in [0.29, 0.717) is 41.6 Å². The van der Waals surface area contributed by atoms with Gasteiger partial charge in [0.15, 0.2) is 5.96 Å². The lowest BCUT2D eigenvalue weighted by Crippen LogP contribution is -2.60. The summed E-state index contributed by atoms with van der Waals surface area (Å²) < 4.78 is 17.5. The molecule has 0 unspecified atom stereocenters. The van der Waals surface area contributed by atoms with Crippen molar-refractivity contribution in [2.24, 2.45) is 28.3 Å². The number of ether oxygens (including phenoxy) is 3. The molecular formula is C62H96BrN15O12. The zero-order chi connectivity index (χ0) is 65.5. The predicted molar refractivity (Wildman–Crippen MR) is 346 cm³/mol. The fourth-order valence-electron chi connectivity index (χ4n) is 9.15. The first-order chi connectivity index (χ1) is 43.4. The van der Waals surface area contributed by atoms with Gasteiger partial charge >= 0.3 is 0 Å². The van der Waals surface area contributed by atoms with Crippen LogP contribution in [0.25, 0.3) is 0 Å². The Labute approximate surface area is 536 Å². The summed E-state index contributed by atoms with van der Waals surface area (Å²) in [6, 6.07) is 11.4. The summed E-state index contributed by atoms with van der Waals surface area (Å²) in [6.45, 7) is 6.86. The molecule has 14 N–H and O–H groups in total. The standard InChI is InChI=1S/C62H96BrN15O12/c1-5-6-7-8-9-13-28-69-56(83)49(38-43-17-11-10-12-18-43)74-58(85)50(40-79)75-59(86)54(42(2)3)76-57(84)48(21-15-29-70-61(64)65)73-53(82)41-89-37-36-88-34-31-66-51(80)26-27-52(81)67-32-35-90-46-24-22-45(23-25-46)72-62-71-39-47(63)55(77-62)68-30-16-33-78(4)60(87)44-19-14-20-44/h10-12,17-18,22-25,39,42,44,48-50,54,79H,5-9,13-16,19-21,26-38,40-41H2,1-4H3,(H,66,80)(H,67,81)(H,69,83)(H,73,82)(H,74,85)(H,75,86)(H,76,84)(H4,64,65,70)(H2,68,71,72,77)/t48-,49-,50-,54-/m0/s1. The summed E-state index contributed by atoms with van der Waals surface area (Å²) in [6.07, 6.45) is 12.1. The third-order valence-corrected chi connectivity index (χ3v) is 15.1. The van der Waals surface area contributed by atoms with Crippen molar-refractivity contribution < 1.29 is 57.7 Å². The Morgan fingerprint density at radius 1 is 0.711 bits per heavy atom. The van der Waals surface area contributed by atoms with Crippen molar-refractivity contribution in [2.45, 2.75) is 141 Å². The molecular weight excluding hydrogens is 1230 g/mol. The number of halogens is 1. The molecule has 27 nitrogen and oxygen atoms in total. The first kappa shape index (κ1) is 74.8. The van der Waals surface area contributed by atoms with Gasteiger partial charge in [0.25, 0.3) is 0 Å². The van der Waals surface area contributed by atoms with Crippen LogP contribution in [-0.4, -0.2) is 183 Å². The van der Waals surface area contributed by atoms with Gasteiger partial charge in [-0.05, 0) is 90.2 Å². The molecule has 498 valence electrons. The van der Waals surface area contributed by atoms with E-state index >= 15 is 0 Å². The van der Waals surface area contributed by atoms with Gasteiger partial charge in [-0.25, -0.2) is 4.98 Å². The lowest BCUT2D eigenvalue weighted by Gasteiger charge is -2.29. The summed E-state index contributed by atoms with van der Waals surface area (Å²) in [5.74, 6) is -2.69. The Morgan fingerprint density at radius 3 is 2.04 bits per heavy atom. The summed E-state index contributed by atoms with van der Waals surface area (Å²) >= 11 is 3.49. The van der Waals surface area contributed by atoms with Crippen molar-refractivity contribution in [3.63, 3.8) is 0 Å². The molecule has 2 aromatic carbocycles. The lowest BCUT2D eigenvalue weighted by molar-refractivity contribution is -0.136. The molecule has 90 heavy (non-hydrogen) atoms. The third kappa shape index (κ3) is 30.2. The van der Waals surface area contributed by atoms with Gasteiger partial charge < -0.3 is 83.5 Å². The van der Waals surface area contributed by atoms with Gasteiger partial charge in [-0.3, -0.25) is 43.3 Å². The van der Waals surface area contributed by atoms with E-state index in [1.165, 1.54) is 0 Å². The molecule has 8 amide bonds. The van der Waals surface area contributed by atoms with Crippen LogP contribution in [0.3, 0.4) is 0 Å². The minimum absolute atomic E-state index is 0.00578. The smallest absolute Gasteiger partial charge is 0.246 e. The minimum Gasteiger partial charge on any atom is -0.492 e. The number of carbonyl (C=O) groups excluding carboxylic acids is 8. The fraction of sp³-hybridized carbons (Fsp3) is 0.597. The second-order valence-corrected chi connectivity index (χ2v) is 23.1. The third-order valence-electron chi connectivity index (χ3n) is 14.5. The number of guanidine groups is 1. The average Bonchev–Trinajstić information content (AvgIpc) is 1.33. The number of benzene rings is 2. The number of amides is 8. The van der Waals surface area contributed by atoms with E-state index in [4.69, 9.17) is 25.7 Å². The number of aromatic nitrogens is 2. The number of hydrogen-bond acceptors (Lipinski definition) is 17. The molecule has 0 bridgehead atoms. The second kappa shape index (κ2) is 43.1. The van der Waals surface area contributed by atoms with Gasteiger partial charge in [-0.15, -0.1) is 0 Å². The number of aliphatic hydroxyl groups is 1. The van der Waals surface area contributed by atoms with E-state index in [0.717, 1.165) is 75.5 Å². The fourth-order valence-corrected chi connectivity index (χ4v) is 9.48. The monoisotopic (exact) mass is 1320 g/mol. The van der Waals surface area contributed by atoms with Gasteiger partial charge in [-0.1, -0.05) is 89.6 Å². The number of aliphatic imine (C=N–C) groups is 1. The largest absolute Gasteiger partial charge is 0.492 e. The highest BCUT2D eigenvalue weighted by molar-refractivity contribution is 9.10. The molecule has 0 spiro atoms. The molecule has 0 aliphatic heterocycles. The molecule has 1 fully saturated rings. The van der Waals surface area contributed by atoms with Crippen molar-refractivity contribution in [1.82, 2.24) is 52.1 Å². The highest BCUT2D eigenvalue weighted by Crippen LogP contribution is 2.28. The van der Waals surface area contributed by atoms with Crippen LogP contribution >= 0.6 is 15.9 Å². The maximum Gasteiger partial charge on any atom is 0.246 e. The number of rotatable bonds is 46. The number of hydrogen-bond donors (Lipinski definition) is 12. The second-order valence-electron chi connectivity index (χ2n) is 22.3. The van der Waals surface area contributed by atoms with Crippen LogP contribution in [0.4, 0.5) is 17.5 Å². The summed E-state index contributed by atoms with van der Waals surface area (Å²) in [4.78, 5) is 120. The minimum atomic E-state index is -1.48. The lowest BCUT2D eigenvalue weighted by atomic mass is 9.84. The van der Waals surface area contributed by atoms with Crippen LogP contribution in [-0.2, 0) is 54.3 Å². The first-order valence-electron chi connectivity index (χ1n) is 31.3. The number of nitrogens with two attached hydrogens (primary N) is 2. The number of nitrogens with zero attached hydrogens (tertiary/aromatic N) is 4. The van der Waals surface area contributed by atoms with Crippen LogP contribution in [0.15, 0.2) is 70.3 Å². The molecule has 1 aromatic heterocycles. The van der Waals surface area contributed by atoms with Crippen LogP contribution in [0, 0.1) is 11.8 Å². The maximum absolute atomic E-state index is 13.8. The molecule has 28 heteroatoms. The Kier molecular flexibility index (Phi) is 35.8. The normalized spacial score (nSPS) is 13.2. The molecule has 1 aliphatic carbocycles. The summed E-state index contributed by atoms with van der Waals surface area (Å²) in [5, 5.41) is 35.6. The topological polar surface area (TPSA) is 386 Å². The Hall–Kier alpha value is -7.69. The summed E-state index contributed by atoms with van der Waals surface area (Å²) in [7, 11) is 1.85. The van der Waals surface area contributed by atoms with E-state index < -0.39 is 72.8 Å². The van der Waals surface area contributed by atoms with Gasteiger partial charge in [0, 0.05) is 76.8 Å². The van der Waals surface area contributed by atoms with Crippen LogP contribution in [0.2, 0.25) is 0 Å². The number of carbonyl (C=O) groups is 8. The van der Waals surface area contributed by atoms with Crippen LogP contribution in [0.1, 0.15) is 116 Å². The number of nitrogens with one attached hydrogen (secondary N) is 9. The molecule has 1 aliphatic rings. The maximum atomic E-state index is 13.8. The van der Waals surface area contributed by atoms with E-state index in [1.54, 1.807) is 37.1 Å². The van der Waals surface area contributed by atoms with Crippen molar-refractivity contribution in [3.8, 4) is 5.75 Å². The molecule has 4 atom stereocenters. The van der Waals surface area contributed by atoms with Crippen molar-refractivity contribution in [3.05, 3.63) is 70.8 Å². The highest BCUT2D eigenvalue weighted by Gasteiger charge is 2.33. The van der Waals surface area contributed by atoms with E-state index in [9.17, 15) is 43.5 Å². The summed E-state index contributed by atoms with van der Waals surface area (Å²) in [5.41, 5.74) is 12.5. The predicted octanol–water partition coefficient (Wildman–Crippen LogP) is 2.83. The van der Waals surface area contributed by atoms with E-state index in [-0.39, 0.29) is 108 Å². The zero-order valence-electron chi connectivity index (χ0n) is 52.6.